The highest BCUT2D eigenvalue weighted by Gasteiger charge is 2.35. The van der Waals surface area contributed by atoms with Gasteiger partial charge in [0, 0.05) is 6.42 Å². The number of methoxy groups -OCH3 is 1. The van der Waals surface area contributed by atoms with Crippen molar-refractivity contribution in [2.45, 2.75) is 19.5 Å². The Balaban J connectivity index is 3.34. The first kappa shape index (κ1) is 14.0. The molecule has 0 N–H and O–H groups in total. The Hall–Kier alpha value is -1.04. The fourth-order valence-electron chi connectivity index (χ4n) is 1.46. The van der Waals surface area contributed by atoms with Gasteiger partial charge in [0.15, 0.2) is 0 Å². The zero-order valence-corrected chi connectivity index (χ0v) is 10.8. The van der Waals surface area contributed by atoms with Crippen LogP contribution < -0.4 is 4.74 Å². The van der Waals surface area contributed by atoms with Crippen LogP contribution in [0.25, 0.3) is 0 Å². The summed E-state index contributed by atoms with van der Waals surface area (Å²) in [5.74, 6) is -0.472. The number of rotatable bonds is 3. The van der Waals surface area contributed by atoms with Gasteiger partial charge in [-0.25, -0.2) is 0 Å². The van der Waals surface area contributed by atoms with Crippen LogP contribution in [0.4, 0.5) is 13.2 Å². The standard InChI is InChI=1S/C11H10BrF3O2/c1-6(16)3-7-4-8(11(13,14)15)10(17-2)9(12)5-7/h4-5H,3H2,1-2H3. The molecular formula is C11H10BrF3O2. The van der Waals surface area contributed by atoms with Crippen molar-refractivity contribution in [3.05, 3.63) is 27.7 Å². The highest BCUT2D eigenvalue weighted by Crippen LogP contribution is 2.41. The molecule has 0 unspecified atom stereocenters. The van der Waals surface area contributed by atoms with E-state index in [0.29, 0.717) is 5.56 Å². The van der Waals surface area contributed by atoms with E-state index in [-0.39, 0.29) is 22.4 Å². The molecule has 0 saturated heterocycles. The van der Waals surface area contributed by atoms with Gasteiger partial charge in [-0.05, 0) is 40.5 Å². The van der Waals surface area contributed by atoms with Crippen molar-refractivity contribution in [3.8, 4) is 5.75 Å². The van der Waals surface area contributed by atoms with E-state index in [9.17, 15) is 18.0 Å². The van der Waals surface area contributed by atoms with Crippen LogP contribution in [0.15, 0.2) is 16.6 Å². The molecule has 1 rings (SSSR count). The summed E-state index contributed by atoms with van der Waals surface area (Å²) in [6, 6.07) is 2.39. The minimum atomic E-state index is -4.51. The lowest BCUT2D eigenvalue weighted by atomic mass is 10.0. The fourth-order valence-corrected chi connectivity index (χ4v) is 2.13. The zero-order valence-electron chi connectivity index (χ0n) is 9.19. The molecule has 17 heavy (non-hydrogen) atoms. The number of ketones is 1. The van der Waals surface area contributed by atoms with E-state index in [1.54, 1.807) is 0 Å². The van der Waals surface area contributed by atoms with Crippen LogP contribution in [-0.2, 0) is 17.4 Å². The monoisotopic (exact) mass is 310 g/mol. The summed E-state index contributed by atoms with van der Waals surface area (Å²) in [4.78, 5) is 10.9. The molecule has 0 radical (unpaired) electrons. The van der Waals surface area contributed by atoms with Crippen molar-refractivity contribution >= 4 is 21.7 Å². The van der Waals surface area contributed by atoms with Crippen LogP contribution >= 0.6 is 15.9 Å². The second-order valence-corrected chi connectivity index (χ2v) is 4.39. The third-order valence-electron chi connectivity index (χ3n) is 2.07. The Morgan fingerprint density at radius 3 is 2.41 bits per heavy atom. The summed E-state index contributed by atoms with van der Waals surface area (Å²) in [5.41, 5.74) is -0.580. The average Bonchev–Trinajstić information content (AvgIpc) is 2.14. The summed E-state index contributed by atoms with van der Waals surface area (Å²) in [6.07, 6.45) is -4.55. The second kappa shape index (κ2) is 5.08. The number of hydrogen-bond acceptors (Lipinski definition) is 2. The minimum absolute atomic E-state index is 0.0360. The van der Waals surface area contributed by atoms with E-state index < -0.39 is 11.7 Å². The van der Waals surface area contributed by atoms with Gasteiger partial charge in [-0.1, -0.05) is 0 Å². The lowest BCUT2D eigenvalue weighted by Gasteiger charge is -2.15. The zero-order chi connectivity index (χ0) is 13.2. The molecule has 0 saturated carbocycles. The van der Waals surface area contributed by atoms with Gasteiger partial charge in [-0.2, -0.15) is 13.2 Å². The number of hydrogen-bond donors (Lipinski definition) is 0. The predicted molar refractivity (Wildman–Crippen MR) is 60.1 cm³/mol. The number of Topliss-reactive ketones (excluding diaryl/α,β-unsaturated/α-hetero) is 1. The number of halogens is 4. The van der Waals surface area contributed by atoms with Gasteiger partial charge in [0.25, 0.3) is 0 Å². The molecule has 0 aliphatic carbocycles. The maximum Gasteiger partial charge on any atom is 0.420 e. The first-order valence-electron chi connectivity index (χ1n) is 4.68. The van der Waals surface area contributed by atoms with Gasteiger partial charge >= 0.3 is 6.18 Å². The maximum atomic E-state index is 12.7. The van der Waals surface area contributed by atoms with E-state index in [1.807, 2.05) is 0 Å². The van der Waals surface area contributed by atoms with Crippen LogP contribution in [0, 0.1) is 0 Å². The maximum absolute atomic E-state index is 12.7. The van der Waals surface area contributed by atoms with E-state index >= 15 is 0 Å². The highest BCUT2D eigenvalue weighted by atomic mass is 79.9. The first-order valence-corrected chi connectivity index (χ1v) is 5.48. The minimum Gasteiger partial charge on any atom is -0.495 e. The van der Waals surface area contributed by atoms with Gasteiger partial charge in [-0.15, -0.1) is 0 Å². The molecule has 0 atom stereocenters. The van der Waals surface area contributed by atoms with E-state index in [1.165, 1.54) is 20.1 Å². The molecule has 0 bridgehead atoms. The summed E-state index contributed by atoms with van der Waals surface area (Å²) in [7, 11) is 1.17. The van der Waals surface area contributed by atoms with Gasteiger partial charge in [0.05, 0.1) is 17.1 Å². The molecule has 94 valence electrons. The summed E-state index contributed by atoms with van der Waals surface area (Å²) < 4.78 is 43.1. The van der Waals surface area contributed by atoms with E-state index in [4.69, 9.17) is 4.74 Å². The quantitative estimate of drug-likeness (QED) is 0.852. The molecule has 0 aliphatic rings. The van der Waals surface area contributed by atoms with Gasteiger partial charge in [-0.3, -0.25) is 4.79 Å². The van der Waals surface area contributed by atoms with Crippen molar-refractivity contribution in [2.24, 2.45) is 0 Å². The number of benzene rings is 1. The lowest BCUT2D eigenvalue weighted by molar-refractivity contribution is -0.139. The number of ether oxygens (including phenoxy) is 1. The molecule has 0 fully saturated rings. The summed E-state index contributed by atoms with van der Waals surface area (Å²) in [6.45, 7) is 1.32. The Morgan fingerprint density at radius 2 is 2.00 bits per heavy atom. The molecule has 0 heterocycles. The number of carbonyl (C=O) groups excluding carboxylic acids is 1. The Bertz CT molecular complexity index is 441. The van der Waals surface area contributed by atoms with Gasteiger partial charge in [0.1, 0.15) is 11.5 Å². The SMILES string of the molecule is COc1c(Br)cc(CC(C)=O)cc1C(F)(F)F. The molecule has 0 amide bonds. The molecule has 1 aromatic rings. The highest BCUT2D eigenvalue weighted by molar-refractivity contribution is 9.10. The number of alkyl halides is 3. The number of carbonyl (C=O) groups is 1. The normalized spacial score (nSPS) is 11.4. The third kappa shape index (κ3) is 3.46. The van der Waals surface area contributed by atoms with Crippen molar-refractivity contribution < 1.29 is 22.7 Å². The molecule has 0 aliphatic heterocycles. The molecule has 2 nitrogen and oxygen atoms in total. The van der Waals surface area contributed by atoms with Gasteiger partial charge < -0.3 is 4.74 Å². The van der Waals surface area contributed by atoms with Crippen molar-refractivity contribution in [3.63, 3.8) is 0 Å². The van der Waals surface area contributed by atoms with Crippen LogP contribution in [-0.4, -0.2) is 12.9 Å². The van der Waals surface area contributed by atoms with Crippen molar-refractivity contribution in [1.82, 2.24) is 0 Å². The topological polar surface area (TPSA) is 26.3 Å². The molecule has 0 aromatic heterocycles. The predicted octanol–water partition coefficient (Wildman–Crippen LogP) is 3.61. The average molecular weight is 311 g/mol. The van der Waals surface area contributed by atoms with E-state index in [0.717, 1.165) is 6.07 Å². The van der Waals surface area contributed by atoms with Gasteiger partial charge in [0.2, 0.25) is 0 Å². The second-order valence-electron chi connectivity index (χ2n) is 3.54. The molecule has 6 heteroatoms. The Morgan fingerprint density at radius 1 is 1.41 bits per heavy atom. The molecular weight excluding hydrogens is 301 g/mol. The van der Waals surface area contributed by atoms with Crippen molar-refractivity contribution in [1.29, 1.82) is 0 Å². The van der Waals surface area contributed by atoms with Crippen LogP contribution in [0.2, 0.25) is 0 Å². The Labute approximate surface area is 105 Å². The third-order valence-corrected chi connectivity index (χ3v) is 2.66. The van der Waals surface area contributed by atoms with Crippen LogP contribution in [0.5, 0.6) is 5.75 Å². The first-order chi connectivity index (χ1) is 7.75. The van der Waals surface area contributed by atoms with E-state index in [2.05, 4.69) is 15.9 Å². The Kier molecular flexibility index (Phi) is 4.19. The largest absolute Gasteiger partial charge is 0.495 e. The molecule has 1 aromatic carbocycles. The molecule has 0 spiro atoms. The van der Waals surface area contributed by atoms with Crippen molar-refractivity contribution in [2.75, 3.05) is 7.11 Å². The summed E-state index contributed by atoms with van der Waals surface area (Å²) in [5, 5.41) is 0. The lowest BCUT2D eigenvalue weighted by Crippen LogP contribution is -2.09. The smallest absolute Gasteiger partial charge is 0.420 e. The summed E-state index contributed by atoms with van der Waals surface area (Å²) >= 11 is 3.00. The van der Waals surface area contributed by atoms with Crippen LogP contribution in [0.3, 0.4) is 0 Å². The van der Waals surface area contributed by atoms with Crippen LogP contribution in [0.1, 0.15) is 18.1 Å². The fraction of sp³-hybridized carbons (Fsp3) is 0.364.